The first kappa shape index (κ1) is 37.7. The summed E-state index contributed by atoms with van der Waals surface area (Å²) in [6.45, 7) is 4.47. The molecule has 1 aliphatic heterocycles. The summed E-state index contributed by atoms with van der Waals surface area (Å²) in [5.41, 5.74) is 0. The SMILES string of the molecule is C/C=C\CCCCCCCC(=O)OCC(COC(=O)CCCCCCCC)COC(=O)NC1CN(CCC(F)(F)F)C1. The predicted molar refractivity (Wildman–Crippen MR) is 156 cm³/mol. The summed E-state index contributed by atoms with van der Waals surface area (Å²) in [7, 11) is 0. The molecule has 11 heteroatoms. The van der Waals surface area contributed by atoms with Crippen molar-refractivity contribution in [1.82, 2.24) is 10.2 Å². The molecule has 0 spiro atoms. The lowest BCUT2D eigenvalue weighted by Crippen LogP contribution is -2.59. The Morgan fingerprint density at radius 2 is 1.36 bits per heavy atom. The van der Waals surface area contributed by atoms with E-state index in [9.17, 15) is 27.6 Å². The lowest BCUT2D eigenvalue weighted by Gasteiger charge is -2.39. The third kappa shape index (κ3) is 21.4. The number of hydrogen-bond acceptors (Lipinski definition) is 7. The first-order chi connectivity index (χ1) is 20.1. The number of nitrogens with one attached hydrogen (secondary N) is 1. The van der Waals surface area contributed by atoms with Gasteiger partial charge >= 0.3 is 24.2 Å². The number of rotatable bonds is 24. The Labute approximate surface area is 250 Å². The Kier molecular flexibility index (Phi) is 20.8. The Bertz CT molecular complexity index is 772. The number of amides is 1. The highest BCUT2D eigenvalue weighted by Crippen LogP contribution is 2.21. The molecule has 1 heterocycles. The van der Waals surface area contributed by atoms with Crippen molar-refractivity contribution < 1.29 is 41.8 Å². The van der Waals surface area contributed by atoms with E-state index in [1.54, 1.807) is 4.90 Å². The van der Waals surface area contributed by atoms with Gasteiger partial charge < -0.3 is 19.5 Å². The van der Waals surface area contributed by atoms with E-state index in [0.29, 0.717) is 25.9 Å². The third-order valence-corrected chi connectivity index (χ3v) is 7.12. The first-order valence-electron chi connectivity index (χ1n) is 15.8. The molecule has 0 saturated carbocycles. The van der Waals surface area contributed by atoms with Crippen molar-refractivity contribution in [1.29, 1.82) is 0 Å². The second kappa shape index (κ2) is 23.2. The van der Waals surface area contributed by atoms with Gasteiger partial charge in [-0.05, 0) is 32.6 Å². The number of allylic oxidation sites excluding steroid dienone is 2. The van der Waals surface area contributed by atoms with E-state index in [4.69, 9.17) is 14.2 Å². The van der Waals surface area contributed by atoms with Crippen LogP contribution < -0.4 is 5.32 Å². The summed E-state index contributed by atoms with van der Waals surface area (Å²) in [6.07, 6.45) is 11.4. The molecule has 8 nitrogen and oxygen atoms in total. The van der Waals surface area contributed by atoms with Crippen LogP contribution in [0.25, 0.3) is 0 Å². The van der Waals surface area contributed by atoms with Crippen molar-refractivity contribution in [3.63, 3.8) is 0 Å². The van der Waals surface area contributed by atoms with Gasteiger partial charge in [-0.15, -0.1) is 0 Å². The van der Waals surface area contributed by atoms with E-state index in [1.807, 2.05) is 13.0 Å². The molecule has 42 heavy (non-hydrogen) atoms. The van der Waals surface area contributed by atoms with E-state index in [-0.39, 0.29) is 44.3 Å². The molecule has 0 aliphatic carbocycles. The lowest BCUT2D eigenvalue weighted by molar-refractivity contribution is -0.150. The Morgan fingerprint density at radius 1 is 0.833 bits per heavy atom. The fourth-order valence-corrected chi connectivity index (χ4v) is 4.52. The quantitative estimate of drug-likeness (QED) is 0.0542. The first-order valence-corrected chi connectivity index (χ1v) is 15.8. The van der Waals surface area contributed by atoms with Crippen LogP contribution in [0.1, 0.15) is 110 Å². The average Bonchev–Trinajstić information content (AvgIpc) is 2.92. The van der Waals surface area contributed by atoms with Gasteiger partial charge in [-0.3, -0.25) is 14.5 Å². The van der Waals surface area contributed by atoms with Crippen LogP contribution >= 0.6 is 0 Å². The van der Waals surface area contributed by atoms with Crippen molar-refractivity contribution in [2.45, 2.75) is 122 Å². The Balaban J connectivity index is 2.37. The molecule has 1 saturated heterocycles. The summed E-state index contributed by atoms with van der Waals surface area (Å²) in [4.78, 5) is 38.3. The molecule has 1 unspecified atom stereocenters. The van der Waals surface area contributed by atoms with Gasteiger partial charge in [0.15, 0.2) is 0 Å². The molecule has 0 aromatic carbocycles. The minimum atomic E-state index is -4.21. The van der Waals surface area contributed by atoms with E-state index in [2.05, 4.69) is 18.3 Å². The summed E-state index contributed by atoms with van der Waals surface area (Å²) < 4.78 is 53.1. The molecule has 0 bridgehead atoms. The van der Waals surface area contributed by atoms with Crippen molar-refractivity contribution in [3.05, 3.63) is 12.2 Å². The molecule has 1 fully saturated rings. The van der Waals surface area contributed by atoms with E-state index < -0.39 is 24.6 Å². The standard InChI is InChI=1S/C31H53F3N2O6/c1-3-5-7-9-11-12-14-16-18-29(38)41-24-26(23-40-28(37)17-15-13-10-8-6-4-2)25-42-30(39)35-27-21-36(22-27)20-19-31(32,33)34/h3,5,26-27H,4,6-25H2,1-2H3,(H,35,39)/b5-3-. The zero-order chi connectivity index (χ0) is 31.1. The summed E-state index contributed by atoms with van der Waals surface area (Å²) in [6, 6.07) is -0.291. The van der Waals surface area contributed by atoms with Gasteiger partial charge in [0, 0.05) is 32.5 Å². The highest BCUT2D eigenvalue weighted by molar-refractivity contribution is 5.70. The highest BCUT2D eigenvalue weighted by atomic mass is 19.4. The van der Waals surface area contributed by atoms with Gasteiger partial charge in [0.25, 0.3) is 0 Å². The zero-order valence-corrected chi connectivity index (χ0v) is 25.7. The number of carbonyl (C=O) groups is 3. The number of esters is 2. The van der Waals surface area contributed by atoms with Gasteiger partial charge in [-0.25, -0.2) is 4.79 Å². The van der Waals surface area contributed by atoms with Crippen LogP contribution in [0.2, 0.25) is 0 Å². The average molecular weight is 607 g/mol. The Hall–Kier alpha value is -2.30. The van der Waals surface area contributed by atoms with E-state index in [1.165, 1.54) is 6.42 Å². The van der Waals surface area contributed by atoms with Crippen molar-refractivity contribution in [2.75, 3.05) is 39.5 Å². The van der Waals surface area contributed by atoms with E-state index in [0.717, 1.165) is 70.6 Å². The van der Waals surface area contributed by atoms with Crippen LogP contribution in [-0.4, -0.2) is 74.6 Å². The minimum Gasteiger partial charge on any atom is -0.465 e. The number of nitrogens with zero attached hydrogens (tertiary/aromatic N) is 1. The Morgan fingerprint density at radius 3 is 1.90 bits per heavy atom. The van der Waals surface area contributed by atoms with Crippen molar-refractivity contribution in [2.24, 2.45) is 5.92 Å². The van der Waals surface area contributed by atoms with Crippen LogP contribution in [0.4, 0.5) is 18.0 Å². The molecule has 1 N–H and O–H groups in total. The second-order valence-corrected chi connectivity index (χ2v) is 11.2. The predicted octanol–water partition coefficient (Wildman–Crippen LogP) is 7.11. The number of unbranched alkanes of at least 4 members (excludes halogenated alkanes) is 10. The maximum absolute atomic E-state index is 12.4. The summed E-state index contributed by atoms with van der Waals surface area (Å²) in [5.74, 6) is -1.20. The maximum Gasteiger partial charge on any atom is 0.407 e. The van der Waals surface area contributed by atoms with Crippen molar-refractivity contribution >= 4 is 18.0 Å². The van der Waals surface area contributed by atoms with Crippen LogP contribution in [0.5, 0.6) is 0 Å². The number of halogens is 3. The van der Waals surface area contributed by atoms with Crippen LogP contribution in [0, 0.1) is 5.92 Å². The summed E-state index contributed by atoms with van der Waals surface area (Å²) >= 11 is 0. The van der Waals surface area contributed by atoms with Gasteiger partial charge in [-0.1, -0.05) is 70.4 Å². The minimum absolute atomic E-state index is 0.0456. The van der Waals surface area contributed by atoms with Crippen molar-refractivity contribution in [3.8, 4) is 0 Å². The monoisotopic (exact) mass is 606 g/mol. The zero-order valence-electron chi connectivity index (χ0n) is 25.7. The van der Waals surface area contributed by atoms with Gasteiger partial charge in [0.05, 0.1) is 18.4 Å². The molecular weight excluding hydrogens is 553 g/mol. The van der Waals surface area contributed by atoms with Crippen LogP contribution in [0.15, 0.2) is 12.2 Å². The number of hydrogen-bond donors (Lipinski definition) is 1. The smallest absolute Gasteiger partial charge is 0.407 e. The molecule has 0 aromatic rings. The number of carbonyl (C=O) groups excluding carboxylic acids is 3. The fraction of sp³-hybridized carbons (Fsp3) is 0.839. The van der Waals surface area contributed by atoms with Gasteiger partial charge in [0.1, 0.15) is 19.8 Å². The molecule has 1 amide bonds. The summed E-state index contributed by atoms with van der Waals surface area (Å²) in [5, 5.41) is 2.63. The molecule has 0 radical (unpaired) electrons. The lowest BCUT2D eigenvalue weighted by atomic mass is 10.1. The normalized spacial score (nSPS) is 14.9. The van der Waals surface area contributed by atoms with Crippen LogP contribution in [-0.2, 0) is 23.8 Å². The molecule has 244 valence electrons. The topological polar surface area (TPSA) is 94.2 Å². The molecule has 1 aliphatic rings. The van der Waals surface area contributed by atoms with Gasteiger partial charge in [-0.2, -0.15) is 13.2 Å². The molecule has 0 aromatic heterocycles. The number of ether oxygens (including phenoxy) is 3. The molecule has 1 atom stereocenters. The largest absolute Gasteiger partial charge is 0.465 e. The fourth-order valence-electron chi connectivity index (χ4n) is 4.52. The highest BCUT2D eigenvalue weighted by Gasteiger charge is 2.33. The number of alkyl carbamates (subject to hydrolysis) is 1. The maximum atomic E-state index is 12.4. The molecular formula is C31H53F3N2O6. The van der Waals surface area contributed by atoms with Crippen LogP contribution in [0.3, 0.4) is 0 Å². The third-order valence-electron chi connectivity index (χ3n) is 7.12. The van der Waals surface area contributed by atoms with E-state index >= 15 is 0 Å². The molecule has 1 rings (SSSR count). The number of likely N-dealkylation sites (tertiary alicyclic amines) is 1. The second-order valence-electron chi connectivity index (χ2n) is 11.2. The van der Waals surface area contributed by atoms with Gasteiger partial charge in [0.2, 0.25) is 0 Å². The number of alkyl halides is 3.